The summed E-state index contributed by atoms with van der Waals surface area (Å²) in [6, 6.07) is 31.1. The lowest BCUT2D eigenvalue weighted by molar-refractivity contribution is -0.118. The number of carbonyl (C=O) groups excluding carboxylic acids is 1. The predicted octanol–water partition coefficient (Wildman–Crippen LogP) is 5.13. The van der Waals surface area contributed by atoms with Crippen molar-refractivity contribution in [3.8, 4) is 0 Å². The van der Waals surface area contributed by atoms with Gasteiger partial charge in [-0.25, -0.2) is 0 Å². The summed E-state index contributed by atoms with van der Waals surface area (Å²) in [6.07, 6.45) is 0.657. The Balaban J connectivity index is 2.24. The van der Waals surface area contributed by atoms with Crippen LogP contribution in [-0.2, 0) is 4.79 Å². The van der Waals surface area contributed by atoms with Gasteiger partial charge >= 0.3 is 0 Å². The van der Waals surface area contributed by atoms with E-state index in [-0.39, 0.29) is 10.9 Å². The Morgan fingerprint density at radius 2 is 1.11 bits per heavy atom. The quantitative estimate of drug-likeness (QED) is 0.368. The largest absolute Gasteiger partial charge is 0.299 e. The van der Waals surface area contributed by atoms with Crippen molar-refractivity contribution < 1.29 is 4.79 Å². The molecule has 4 heteroatoms. The first-order valence-electron chi connectivity index (χ1n) is 8.97. The molecule has 1 nitrogen and oxygen atoms in total. The fourth-order valence-electron chi connectivity index (χ4n) is 3.45. The van der Waals surface area contributed by atoms with Crippen LogP contribution in [0.5, 0.6) is 0 Å². The molecule has 27 heavy (non-hydrogen) atoms. The van der Waals surface area contributed by atoms with Crippen molar-refractivity contribution in [2.24, 2.45) is 0 Å². The number of hydrogen-bond acceptors (Lipinski definition) is 1. The molecule has 0 amide bonds. The number of halogens is 2. The Hall–Kier alpha value is -1.66. The van der Waals surface area contributed by atoms with Crippen LogP contribution >= 0.6 is 30.5 Å². The van der Waals surface area contributed by atoms with Crippen molar-refractivity contribution in [1.29, 1.82) is 0 Å². The maximum Gasteiger partial charge on any atom is 0.163 e. The third-order valence-corrected chi connectivity index (χ3v) is 10.3. The lowest BCUT2D eigenvalue weighted by atomic mass is 10.2. The van der Waals surface area contributed by atoms with Gasteiger partial charge in [0.15, 0.2) is 5.12 Å². The van der Waals surface area contributed by atoms with Crippen LogP contribution in [0.1, 0.15) is 12.8 Å². The zero-order valence-electron chi connectivity index (χ0n) is 15.0. The zero-order chi connectivity index (χ0) is 19.1. The molecule has 1 unspecified atom stereocenters. The van der Waals surface area contributed by atoms with Gasteiger partial charge in [-0.15, -0.1) is 11.6 Å². The van der Waals surface area contributed by atoms with Crippen LogP contribution in [0.3, 0.4) is 0 Å². The van der Waals surface area contributed by atoms with Gasteiger partial charge < -0.3 is 0 Å². The lowest BCUT2D eigenvalue weighted by Gasteiger charge is -2.31. The normalized spacial score (nSPS) is 12.5. The molecule has 0 aromatic heterocycles. The number of benzene rings is 3. The second-order valence-corrected chi connectivity index (χ2v) is 11.2. The minimum Gasteiger partial charge on any atom is -0.299 e. The molecule has 0 saturated heterocycles. The van der Waals surface area contributed by atoms with Crippen LogP contribution in [0.25, 0.3) is 0 Å². The van der Waals surface area contributed by atoms with E-state index in [1.165, 1.54) is 15.9 Å². The summed E-state index contributed by atoms with van der Waals surface area (Å²) in [6.45, 7) is 0. The molecule has 0 fully saturated rings. The molecule has 0 aliphatic rings. The number of Topliss-reactive ketones (excluding diaryl/α,β-unsaturated/α-hetero) is 1. The first-order valence-corrected chi connectivity index (χ1v) is 11.8. The van der Waals surface area contributed by atoms with Gasteiger partial charge in [0.05, 0.1) is 6.42 Å². The molecule has 0 spiro atoms. The highest BCUT2D eigenvalue weighted by Crippen LogP contribution is 2.62. The molecule has 0 N–H and O–H groups in total. The van der Waals surface area contributed by atoms with Crippen LogP contribution in [0.4, 0.5) is 0 Å². The van der Waals surface area contributed by atoms with Gasteiger partial charge in [0.25, 0.3) is 0 Å². The molecule has 0 aliphatic heterocycles. The van der Waals surface area contributed by atoms with Gasteiger partial charge in [0, 0.05) is 12.3 Å². The van der Waals surface area contributed by atoms with Crippen molar-refractivity contribution in [1.82, 2.24) is 0 Å². The van der Waals surface area contributed by atoms with Crippen LogP contribution in [0.2, 0.25) is 0 Å². The van der Waals surface area contributed by atoms with Crippen LogP contribution in [0.15, 0.2) is 91.0 Å². The van der Waals surface area contributed by atoms with Gasteiger partial charge in [0.2, 0.25) is 0 Å². The summed E-state index contributed by atoms with van der Waals surface area (Å²) in [7, 11) is -2.22. The van der Waals surface area contributed by atoms with Crippen molar-refractivity contribution in [2.75, 3.05) is 5.88 Å². The standard InChI is InChI=1S/C23H22Cl2OP/c24-17-16-19(26)18-23(25)27(20-10-4-1-5-11-20,21-12-6-2-7-13-21)22-14-8-3-9-15-22/h1-15,23H,16-18H2/q+1. The number of carbonyl (C=O) groups is 1. The Morgan fingerprint density at radius 3 is 1.44 bits per heavy atom. The van der Waals surface area contributed by atoms with Gasteiger partial charge in [-0.05, 0) is 36.4 Å². The number of rotatable bonds is 8. The van der Waals surface area contributed by atoms with Crippen molar-refractivity contribution in [2.45, 2.75) is 18.0 Å². The minimum atomic E-state index is -2.22. The first-order chi connectivity index (χ1) is 13.2. The Labute approximate surface area is 171 Å². The van der Waals surface area contributed by atoms with E-state index >= 15 is 0 Å². The van der Waals surface area contributed by atoms with Gasteiger partial charge in [0.1, 0.15) is 29.0 Å². The molecule has 3 rings (SSSR count). The lowest BCUT2D eigenvalue weighted by Crippen LogP contribution is -2.37. The fraction of sp³-hybridized carbons (Fsp3) is 0.174. The molecular formula is C23H22Cl2OP+. The van der Waals surface area contributed by atoms with E-state index in [1.807, 2.05) is 54.6 Å². The van der Waals surface area contributed by atoms with E-state index in [0.717, 1.165) is 0 Å². The average Bonchev–Trinajstić information content (AvgIpc) is 2.71. The van der Waals surface area contributed by atoms with Gasteiger partial charge in [-0.1, -0.05) is 66.2 Å². The number of alkyl halides is 2. The van der Waals surface area contributed by atoms with Crippen molar-refractivity contribution in [3.05, 3.63) is 91.0 Å². The highest BCUT2D eigenvalue weighted by atomic mass is 35.5. The highest BCUT2D eigenvalue weighted by molar-refractivity contribution is 7.97. The molecule has 0 radical (unpaired) electrons. The Morgan fingerprint density at radius 1 is 0.741 bits per heavy atom. The van der Waals surface area contributed by atoms with Crippen LogP contribution < -0.4 is 15.9 Å². The summed E-state index contributed by atoms with van der Waals surface area (Å²) in [4.78, 5) is 12.4. The maximum absolute atomic E-state index is 12.4. The Kier molecular flexibility index (Phi) is 7.07. The second kappa shape index (κ2) is 9.51. The summed E-state index contributed by atoms with van der Waals surface area (Å²) in [5, 5.41) is 3.21. The predicted molar refractivity (Wildman–Crippen MR) is 120 cm³/mol. The minimum absolute atomic E-state index is 0.108. The summed E-state index contributed by atoms with van der Waals surface area (Å²) in [5.41, 5.74) is 0. The van der Waals surface area contributed by atoms with Crippen molar-refractivity contribution >= 4 is 52.2 Å². The molecule has 0 bridgehead atoms. The molecule has 3 aromatic carbocycles. The third kappa shape index (κ3) is 4.27. The molecular weight excluding hydrogens is 394 g/mol. The van der Waals surface area contributed by atoms with E-state index in [9.17, 15) is 4.79 Å². The highest BCUT2D eigenvalue weighted by Gasteiger charge is 2.52. The molecule has 0 saturated carbocycles. The summed E-state index contributed by atoms with van der Waals surface area (Å²) < 4.78 is 0. The zero-order valence-corrected chi connectivity index (χ0v) is 17.4. The van der Waals surface area contributed by atoms with Crippen molar-refractivity contribution in [3.63, 3.8) is 0 Å². The molecule has 0 aliphatic carbocycles. The topological polar surface area (TPSA) is 17.1 Å². The summed E-state index contributed by atoms with van der Waals surface area (Å²) in [5.74, 6) is 0.438. The number of hydrogen-bond donors (Lipinski definition) is 0. The van der Waals surface area contributed by atoms with E-state index in [0.29, 0.717) is 18.7 Å². The van der Waals surface area contributed by atoms with E-state index in [1.54, 1.807) is 0 Å². The fourth-order valence-corrected chi connectivity index (χ4v) is 9.12. The average molecular weight is 416 g/mol. The van der Waals surface area contributed by atoms with Crippen LogP contribution in [-0.4, -0.2) is 16.8 Å². The van der Waals surface area contributed by atoms with Crippen LogP contribution in [0, 0.1) is 0 Å². The molecule has 3 aromatic rings. The third-order valence-electron chi connectivity index (χ3n) is 4.68. The SMILES string of the molecule is O=C(CCCl)CC(Cl)[P+](c1ccccc1)(c1ccccc1)c1ccccc1. The monoisotopic (exact) mass is 415 g/mol. The molecule has 138 valence electrons. The van der Waals surface area contributed by atoms with Gasteiger partial charge in [-0.3, -0.25) is 4.79 Å². The van der Waals surface area contributed by atoms with E-state index in [4.69, 9.17) is 23.2 Å². The smallest absolute Gasteiger partial charge is 0.163 e. The molecule has 0 heterocycles. The first kappa shape index (κ1) is 20.1. The number of ketones is 1. The van der Waals surface area contributed by atoms with E-state index in [2.05, 4.69) is 36.4 Å². The molecule has 1 atom stereocenters. The van der Waals surface area contributed by atoms with Gasteiger partial charge in [-0.2, -0.15) is 0 Å². The maximum atomic E-state index is 12.4. The van der Waals surface area contributed by atoms with E-state index < -0.39 is 7.26 Å². The second-order valence-electron chi connectivity index (χ2n) is 6.35. The Bertz CT molecular complexity index is 757. The summed E-state index contributed by atoms with van der Waals surface area (Å²) >= 11 is 12.9.